The Morgan fingerprint density at radius 1 is 1.32 bits per heavy atom. The van der Waals surface area contributed by atoms with Crippen molar-refractivity contribution in [3.8, 4) is 5.88 Å². The number of carbonyl (C=O) groups is 1. The third kappa shape index (κ3) is 3.44. The van der Waals surface area contributed by atoms with Gasteiger partial charge in [0.1, 0.15) is 12.4 Å². The van der Waals surface area contributed by atoms with Gasteiger partial charge in [0.15, 0.2) is 0 Å². The van der Waals surface area contributed by atoms with Crippen molar-refractivity contribution in [2.45, 2.75) is 32.3 Å². The largest absolute Gasteiger partial charge is 0.470 e. The number of carbonyl (C=O) groups excluding carboxylic acids is 1. The molecule has 0 saturated carbocycles. The first-order valence-electron chi connectivity index (χ1n) is 9.53. The summed E-state index contributed by atoms with van der Waals surface area (Å²) in [5, 5.41) is 1.10. The van der Waals surface area contributed by atoms with Crippen LogP contribution in [0.25, 0.3) is 10.9 Å². The molecule has 1 amide bonds. The maximum absolute atomic E-state index is 14.3. The third-order valence-electron chi connectivity index (χ3n) is 5.26. The van der Waals surface area contributed by atoms with E-state index in [0.717, 1.165) is 16.5 Å². The van der Waals surface area contributed by atoms with E-state index in [1.165, 1.54) is 6.33 Å². The number of nitrogens with zero attached hydrogens (tertiary/aromatic N) is 4. The minimum absolute atomic E-state index is 0.0276. The maximum Gasteiger partial charge on any atom is 0.254 e. The Bertz CT molecular complexity index is 1020. The summed E-state index contributed by atoms with van der Waals surface area (Å²) in [5.41, 5.74) is 2.47. The normalized spacial score (nSPS) is 16.7. The molecular formula is C21H23FN4O2. The molecule has 1 aliphatic rings. The molecule has 1 fully saturated rings. The molecule has 6 nitrogen and oxygen atoms in total. The van der Waals surface area contributed by atoms with E-state index in [9.17, 15) is 9.18 Å². The quantitative estimate of drug-likeness (QED) is 0.681. The Labute approximate surface area is 163 Å². The van der Waals surface area contributed by atoms with Gasteiger partial charge in [0.2, 0.25) is 11.7 Å². The lowest BCUT2D eigenvalue weighted by Crippen LogP contribution is -2.32. The summed E-state index contributed by atoms with van der Waals surface area (Å²) in [6.07, 6.45) is 4.54. The van der Waals surface area contributed by atoms with Crippen LogP contribution in [0.2, 0.25) is 0 Å². The summed E-state index contributed by atoms with van der Waals surface area (Å²) in [4.78, 5) is 22.4. The zero-order chi connectivity index (χ0) is 19.7. The minimum atomic E-state index is -0.509. The lowest BCUT2D eigenvalue weighted by atomic mass is 10.1. The SMILES string of the molecule is CCc1ncnc(O[C@@H]2CCN(C(=O)Cc3cn(C)c4ccccc34)C2)c1F. The first-order valence-corrected chi connectivity index (χ1v) is 9.53. The Morgan fingerprint density at radius 2 is 2.14 bits per heavy atom. The van der Waals surface area contributed by atoms with Gasteiger partial charge in [0.25, 0.3) is 5.88 Å². The average molecular weight is 382 g/mol. The van der Waals surface area contributed by atoms with Gasteiger partial charge in [0, 0.05) is 37.1 Å². The first kappa shape index (κ1) is 18.4. The number of benzene rings is 1. The second-order valence-electron chi connectivity index (χ2n) is 7.12. The zero-order valence-electron chi connectivity index (χ0n) is 16.1. The van der Waals surface area contributed by atoms with Gasteiger partial charge < -0.3 is 14.2 Å². The van der Waals surface area contributed by atoms with Crippen molar-refractivity contribution in [3.63, 3.8) is 0 Å². The van der Waals surface area contributed by atoms with Gasteiger partial charge >= 0.3 is 0 Å². The summed E-state index contributed by atoms with van der Waals surface area (Å²) < 4.78 is 22.1. The van der Waals surface area contributed by atoms with E-state index < -0.39 is 5.82 Å². The molecule has 146 valence electrons. The smallest absolute Gasteiger partial charge is 0.254 e. The van der Waals surface area contributed by atoms with Crippen LogP contribution in [0.3, 0.4) is 0 Å². The number of hydrogen-bond donors (Lipinski definition) is 0. The molecule has 2 aromatic heterocycles. The molecule has 7 heteroatoms. The van der Waals surface area contributed by atoms with Gasteiger partial charge in [-0.05, 0) is 18.1 Å². The van der Waals surface area contributed by atoms with Gasteiger partial charge in [-0.15, -0.1) is 0 Å². The molecular weight excluding hydrogens is 359 g/mol. The number of aromatic nitrogens is 3. The van der Waals surface area contributed by atoms with Crippen molar-refractivity contribution in [1.82, 2.24) is 19.4 Å². The highest BCUT2D eigenvalue weighted by atomic mass is 19.1. The molecule has 1 saturated heterocycles. The van der Waals surface area contributed by atoms with Crippen LogP contribution in [-0.4, -0.2) is 44.5 Å². The molecule has 1 aliphatic heterocycles. The highest BCUT2D eigenvalue weighted by Gasteiger charge is 2.29. The van der Waals surface area contributed by atoms with Crippen molar-refractivity contribution in [2.75, 3.05) is 13.1 Å². The van der Waals surface area contributed by atoms with Crippen molar-refractivity contribution in [2.24, 2.45) is 7.05 Å². The highest BCUT2D eigenvalue weighted by Crippen LogP contribution is 2.24. The van der Waals surface area contributed by atoms with Crippen LogP contribution in [0.4, 0.5) is 4.39 Å². The second-order valence-corrected chi connectivity index (χ2v) is 7.12. The van der Waals surface area contributed by atoms with Gasteiger partial charge in [-0.1, -0.05) is 25.1 Å². The molecule has 0 unspecified atom stereocenters. The number of fused-ring (bicyclic) bond motifs is 1. The molecule has 0 aliphatic carbocycles. The standard InChI is InChI=1S/C21H23FN4O2/c1-3-17-20(22)21(24-13-23-17)28-15-8-9-26(12-15)19(27)10-14-11-25(2)18-7-5-4-6-16(14)18/h4-7,11,13,15H,3,8-10,12H2,1-2H3/t15-/m1/s1. The molecule has 28 heavy (non-hydrogen) atoms. The van der Waals surface area contributed by atoms with E-state index in [1.807, 2.05) is 49.0 Å². The maximum atomic E-state index is 14.3. The Morgan fingerprint density at radius 3 is 2.96 bits per heavy atom. The van der Waals surface area contributed by atoms with Gasteiger partial charge in [-0.3, -0.25) is 4.79 Å². The van der Waals surface area contributed by atoms with Crippen molar-refractivity contribution in [1.29, 1.82) is 0 Å². The lowest BCUT2D eigenvalue weighted by molar-refractivity contribution is -0.129. The summed E-state index contributed by atoms with van der Waals surface area (Å²) in [6.45, 7) is 2.87. The van der Waals surface area contributed by atoms with Gasteiger partial charge in [0.05, 0.1) is 18.7 Å². The van der Waals surface area contributed by atoms with E-state index in [1.54, 1.807) is 4.90 Å². The molecule has 0 radical (unpaired) electrons. The van der Waals surface area contributed by atoms with Crippen molar-refractivity contribution < 1.29 is 13.9 Å². The van der Waals surface area contributed by atoms with E-state index in [2.05, 4.69) is 9.97 Å². The van der Waals surface area contributed by atoms with Crippen LogP contribution < -0.4 is 4.74 Å². The molecule has 1 aromatic carbocycles. The number of rotatable bonds is 5. The molecule has 4 rings (SSSR count). The number of halogens is 1. The molecule has 3 aromatic rings. The fourth-order valence-electron chi connectivity index (χ4n) is 3.77. The Kier molecular flexibility index (Phi) is 4.98. The topological polar surface area (TPSA) is 60.3 Å². The molecule has 0 N–H and O–H groups in total. The van der Waals surface area contributed by atoms with Crippen LogP contribution in [-0.2, 0) is 24.7 Å². The minimum Gasteiger partial charge on any atom is -0.470 e. The number of amides is 1. The lowest BCUT2D eigenvalue weighted by Gasteiger charge is -2.17. The molecule has 3 heterocycles. The average Bonchev–Trinajstić information content (AvgIpc) is 3.29. The number of ether oxygens (including phenoxy) is 1. The number of para-hydroxylation sites is 1. The number of aryl methyl sites for hydroxylation is 2. The predicted octanol–water partition coefficient (Wildman–Crippen LogP) is 2.89. The monoisotopic (exact) mass is 382 g/mol. The van der Waals surface area contributed by atoms with Crippen molar-refractivity contribution in [3.05, 3.63) is 53.9 Å². The molecule has 0 spiro atoms. The molecule has 0 bridgehead atoms. The fraction of sp³-hybridized carbons (Fsp3) is 0.381. The summed E-state index contributed by atoms with van der Waals surface area (Å²) in [7, 11) is 1.98. The second kappa shape index (κ2) is 7.58. The van der Waals surface area contributed by atoms with Crippen LogP contribution in [0.5, 0.6) is 5.88 Å². The Balaban J connectivity index is 1.42. The predicted molar refractivity (Wildman–Crippen MR) is 104 cm³/mol. The van der Waals surface area contributed by atoms with Gasteiger partial charge in [-0.25, -0.2) is 4.98 Å². The van der Waals surface area contributed by atoms with Crippen LogP contribution in [0, 0.1) is 5.82 Å². The first-order chi connectivity index (χ1) is 13.6. The van der Waals surface area contributed by atoms with E-state index in [4.69, 9.17) is 4.74 Å². The number of hydrogen-bond acceptors (Lipinski definition) is 4. The fourth-order valence-corrected chi connectivity index (χ4v) is 3.77. The third-order valence-corrected chi connectivity index (χ3v) is 5.26. The van der Waals surface area contributed by atoms with Crippen LogP contribution in [0.1, 0.15) is 24.6 Å². The molecule has 1 atom stereocenters. The van der Waals surface area contributed by atoms with E-state index in [-0.39, 0.29) is 17.9 Å². The zero-order valence-corrected chi connectivity index (χ0v) is 16.1. The summed E-state index contributed by atoms with van der Waals surface area (Å²) in [5.74, 6) is -0.481. The van der Waals surface area contributed by atoms with Crippen molar-refractivity contribution >= 4 is 16.8 Å². The van der Waals surface area contributed by atoms with Crippen LogP contribution in [0.15, 0.2) is 36.8 Å². The highest BCUT2D eigenvalue weighted by molar-refractivity contribution is 5.89. The van der Waals surface area contributed by atoms with Crippen LogP contribution >= 0.6 is 0 Å². The van der Waals surface area contributed by atoms with E-state index in [0.29, 0.717) is 38.0 Å². The van der Waals surface area contributed by atoms with Gasteiger partial charge in [-0.2, -0.15) is 9.37 Å². The Hall–Kier alpha value is -2.96. The summed E-state index contributed by atoms with van der Waals surface area (Å²) in [6, 6.07) is 8.06. The number of likely N-dealkylation sites (tertiary alicyclic amines) is 1. The summed E-state index contributed by atoms with van der Waals surface area (Å²) >= 11 is 0. The van der Waals surface area contributed by atoms with E-state index >= 15 is 0 Å².